The molecule has 1 atom stereocenters. The van der Waals surface area contributed by atoms with Crippen LogP contribution in [0.1, 0.15) is 18.4 Å². The second-order valence-electron chi connectivity index (χ2n) is 4.58. The van der Waals surface area contributed by atoms with Crippen molar-refractivity contribution in [1.29, 1.82) is 0 Å². The largest absolute Gasteiger partial charge is 0.416 e. The summed E-state index contributed by atoms with van der Waals surface area (Å²) in [6.07, 6.45) is -2.70. The third kappa shape index (κ3) is 3.72. The summed E-state index contributed by atoms with van der Waals surface area (Å²) in [5.74, 6) is -0.684. The van der Waals surface area contributed by atoms with Gasteiger partial charge in [0.1, 0.15) is 5.75 Å². The zero-order valence-electron chi connectivity index (χ0n) is 10.4. The topological polar surface area (TPSA) is 72.2 Å². The van der Waals surface area contributed by atoms with Crippen molar-refractivity contribution in [2.24, 2.45) is 0 Å². The van der Waals surface area contributed by atoms with E-state index in [-0.39, 0.29) is 28.3 Å². The van der Waals surface area contributed by atoms with E-state index < -0.39 is 22.5 Å². The zero-order chi connectivity index (χ0) is 14.9. The van der Waals surface area contributed by atoms with Gasteiger partial charge in [0.05, 0.1) is 21.3 Å². The second-order valence-corrected chi connectivity index (χ2v) is 6.00. The summed E-state index contributed by atoms with van der Waals surface area (Å²) in [5, 5.41) is 2.66. The first-order chi connectivity index (χ1) is 9.27. The normalized spacial score (nSPS) is 16.8. The van der Waals surface area contributed by atoms with Crippen LogP contribution in [-0.4, -0.2) is 21.9 Å². The second kappa shape index (κ2) is 5.43. The predicted octanol–water partition coefficient (Wildman–Crippen LogP) is 1.67. The summed E-state index contributed by atoms with van der Waals surface area (Å²) in [5.41, 5.74) is 4.35. The van der Waals surface area contributed by atoms with Crippen molar-refractivity contribution < 1.29 is 22.2 Å². The third-order valence-electron chi connectivity index (χ3n) is 2.79. The number of amides is 1. The lowest BCUT2D eigenvalue weighted by Crippen LogP contribution is -2.30. The number of hydrogen-bond donors (Lipinski definition) is 2. The maximum Gasteiger partial charge on any atom is 0.416 e. The van der Waals surface area contributed by atoms with Crippen molar-refractivity contribution >= 4 is 22.4 Å². The van der Waals surface area contributed by atoms with E-state index in [1.807, 2.05) is 0 Å². The first-order valence-corrected chi connectivity index (χ1v) is 7.23. The molecule has 1 aromatic carbocycles. The Morgan fingerprint density at radius 3 is 2.55 bits per heavy atom. The zero-order valence-corrected chi connectivity index (χ0v) is 11.2. The van der Waals surface area contributed by atoms with Crippen molar-refractivity contribution in [3.8, 4) is 0 Å². The number of benzene rings is 1. The summed E-state index contributed by atoms with van der Waals surface area (Å²) in [6.45, 7) is 0. The quantitative estimate of drug-likeness (QED) is 0.831. The van der Waals surface area contributed by atoms with Crippen molar-refractivity contribution in [3.63, 3.8) is 0 Å². The molecule has 0 radical (unpaired) electrons. The van der Waals surface area contributed by atoms with Gasteiger partial charge in [-0.05, 0) is 31.0 Å². The minimum absolute atomic E-state index is 0.0453. The van der Waals surface area contributed by atoms with E-state index in [2.05, 4.69) is 5.32 Å². The van der Waals surface area contributed by atoms with E-state index in [0.717, 1.165) is 31.0 Å². The number of carbonyl (C=O) groups excluding carboxylic acids is 1. The Hall–Kier alpha value is -1.57. The van der Waals surface area contributed by atoms with E-state index in [1.54, 1.807) is 0 Å². The lowest BCUT2D eigenvalue weighted by Gasteiger charge is -2.10. The van der Waals surface area contributed by atoms with E-state index >= 15 is 0 Å². The van der Waals surface area contributed by atoms with Gasteiger partial charge < -0.3 is 11.1 Å². The predicted molar refractivity (Wildman–Crippen MR) is 68.3 cm³/mol. The van der Waals surface area contributed by atoms with Crippen LogP contribution in [0.25, 0.3) is 0 Å². The molecule has 3 N–H and O–H groups in total. The summed E-state index contributed by atoms with van der Waals surface area (Å²) >= 11 is 0. The van der Waals surface area contributed by atoms with Crippen molar-refractivity contribution in [2.45, 2.75) is 30.0 Å². The molecule has 0 spiro atoms. The van der Waals surface area contributed by atoms with Crippen LogP contribution in [0.2, 0.25) is 0 Å². The highest BCUT2D eigenvalue weighted by molar-refractivity contribution is 7.86. The highest BCUT2D eigenvalue weighted by Crippen LogP contribution is 2.32. The van der Waals surface area contributed by atoms with Gasteiger partial charge in [0.2, 0.25) is 5.91 Å². The van der Waals surface area contributed by atoms with Gasteiger partial charge in [-0.15, -0.1) is 0 Å². The monoisotopic (exact) mass is 306 g/mol. The van der Waals surface area contributed by atoms with Crippen LogP contribution < -0.4 is 11.1 Å². The van der Waals surface area contributed by atoms with Gasteiger partial charge in [-0.2, -0.15) is 13.2 Å². The number of halogens is 3. The molecule has 110 valence electrons. The van der Waals surface area contributed by atoms with Gasteiger partial charge in [0.25, 0.3) is 0 Å². The van der Waals surface area contributed by atoms with E-state index in [0.29, 0.717) is 0 Å². The van der Waals surface area contributed by atoms with Gasteiger partial charge in [0, 0.05) is 11.7 Å². The van der Waals surface area contributed by atoms with Gasteiger partial charge in [-0.25, -0.2) is 0 Å². The number of rotatable bonds is 4. The van der Waals surface area contributed by atoms with E-state index in [4.69, 9.17) is 5.73 Å². The Morgan fingerprint density at radius 2 is 2.05 bits per heavy atom. The number of hydrogen-bond acceptors (Lipinski definition) is 3. The fourth-order valence-electron chi connectivity index (χ4n) is 1.63. The molecule has 0 aliphatic heterocycles. The molecule has 1 aromatic rings. The van der Waals surface area contributed by atoms with Crippen LogP contribution in [0.15, 0.2) is 23.1 Å². The van der Waals surface area contributed by atoms with Gasteiger partial charge in [0.15, 0.2) is 0 Å². The number of nitrogen functional groups attached to an aromatic ring is 1. The Labute approximate surface area is 116 Å². The molecule has 1 saturated carbocycles. The molecule has 2 rings (SSSR count). The Kier molecular flexibility index (Phi) is 4.03. The first-order valence-electron chi connectivity index (χ1n) is 5.92. The van der Waals surface area contributed by atoms with Crippen molar-refractivity contribution in [3.05, 3.63) is 23.8 Å². The summed E-state index contributed by atoms with van der Waals surface area (Å²) < 4.78 is 49.3. The Bertz CT molecular complexity index is 556. The molecule has 0 saturated heterocycles. The molecular formula is C12H13F3N2O2S. The molecular weight excluding hydrogens is 293 g/mol. The number of alkyl halides is 3. The average molecular weight is 306 g/mol. The molecule has 1 fully saturated rings. The Balaban J connectivity index is 2.07. The minimum atomic E-state index is -4.50. The highest BCUT2D eigenvalue weighted by Gasteiger charge is 2.31. The number of carbonyl (C=O) groups is 1. The fraction of sp³-hybridized carbons (Fsp3) is 0.417. The standard InChI is InChI=1S/C12H13F3N2O2S/c13-12(14,15)7-1-4-10(9(16)5-7)20(19)6-11(18)17-8-2-3-8/h1,4-5,8H,2-3,6,16H2,(H,17,18). The molecule has 20 heavy (non-hydrogen) atoms. The van der Waals surface area contributed by atoms with Crippen LogP contribution in [0.3, 0.4) is 0 Å². The summed E-state index contributed by atoms with van der Waals surface area (Å²) in [7, 11) is -1.75. The molecule has 0 bridgehead atoms. The van der Waals surface area contributed by atoms with Crippen molar-refractivity contribution in [2.75, 3.05) is 11.5 Å². The molecule has 1 unspecified atom stereocenters. The van der Waals surface area contributed by atoms with E-state index in [9.17, 15) is 22.2 Å². The maximum atomic E-state index is 12.5. The highest BCUT2D eigenvalue weighted by atomic mass is 32.2. The molecule has 4 nitrogen and oxygen atoms in total. The molecule has 0 heterocycles. The molecule has 1 aliphatic rings. The molecule has 8 heteroatoms. The maximum absolute atomic E-state index is 12.5. The fourth-order valence-corrected chi connectivity index (χ4v) is 2.64. The molecule has 0 aromatic heterocycles. The number of anilines is 1. The van der Waals surface area contributed by atoms with Crippen molar-refractivity contribution in [1.82, 2.24) is 5.32 Å². The molecule has 1 aliphatic carbocycles. The molecule has 1 amide bonds. The van der Waals surface area contributed by atoms with Gasteiger partial charge >= 0.3 is 6.18 Å². The van der Waals surface area contributed by atoms with Crippen LogP contribution >= 0.6 is 0 Å². The van der Waals surface area contributed by atoms with Gasteiger partial charge in [-0.1, -0.05) is 0 Å². The van der Waals surface area contributed by atoms with Crippen LogP contribution in [0, 0.1) is 0 Å². The SMILES string of the molecule is Nc1cc(C(F)(F)F)ccc1S(=O)CC(=O)NC1CC1. The Morgan fingerprint density at radius 1 is 1.40 bits per heavy atom. The summed E-state index contributed by atoms with van der Waals surface area (Å²) in [4.78, 5) is 11.5. The lowest BCUT2D eigenvalue weighted by molar-refractivity contribution is -0.137. The third-order valence-corrected chi connectivity index (χ3v) is 4.17. The lowest BCUT2D eigenvalue weighted by atomic mass is 10.2. The average Bonchev–Trinajstić information content (AvgIpc) is 3.11. The van der Waals surface area contributed by atoms with Gasteiger partial charge in [-0.3, -0.25) is 9.00 Å². The number of nitrogens with one attached hydrogen (secondary N) is 1. The summed E-state index contributed by atoms with van der Waals surface area (Å²) in [6, 6.07) is 2.73. The van der Waals surface area contributed by atoms with E-state index in [1.165, 1.54) is 0 Å². The van der Waals surface area contributed by atoms with Crippen LogP contribution in [-0.2, 0) is 21.8 Å². The smallest absolute Gasteiger partial charge is 0.398 e. The van der Waals surface area contributed by atoms with Crippen LogP contribution in [0.5, 0.6) is 0 Å². The minimum Gasteiger partial charge on any atom is -0.398 e. The van der Waals surface area contributed by atoms with Crippen LogP contribution in [0.4, 0.5) is 18.9 Å². The number of nitrogens with two attached hydrogens (primary N) is 1. The first kappa shape index (κ1) is 14.8.